The summed E-state index contributed by atoms with van der Waals surface area (Å²) >= 11 is 1.61. The number of hydrogen-bond acceptors (Lipinski definition) is 1. The largest absolute Gasteiger partial charge is 0.289 e. The van der Waals surface area contributed by atoms with Crippen molar-refractivity contribution in [3.63, 3.8) is 0 Å². The lowest BCUT2D eigenvalue weighted by molar-refractivity contribution is 0.344. The van der Waals surface area contributed by atoms with E-state index in [1.807, 2.05) is 12.1 Å². The predicted octanol–water partition coefficient (Wildman–Crippen LogP) is 3.72. The van der Waals surface area contributed by atoms with Crippen LogP contribution in [-0.2, 0) is 5.11 Å². The molecule has 0 aliphatic carbocycles. The fourth-order valence-electron chi connectivity index (χ4n) is 0.864. The third-order valence-electron chi connectivity index (χ3n) is 1.27. The first-order valence-corrected chi connectivity index (χ1v) is 4.76. The van der Waals surface area contributed by atoms with E-state index in [1.165, 1.54) is 0 Å². The molecule has 2 heteroatoms. The minimum absolute atomic E-state index is 0.112. The van der Waals surface area contributed by atoms with Crippen LogP contribution < -0.4 is 0 Å². The summed E-state index contributed by atoms with van der Waals surface area (Å²) in [6.45, 7) is 6.30. The molecule has 12 heavy (non-hydrogen) atoms. The van der Waals surface area contributed by atoms with E-state index < -0.39 is 0 Å². The van der Waals surface area contributed by atoms with Gasteiger partial charge in [-0.05, 0) is 12.1 Å². The average Bonchev–Trinajstić information content (AvgIpc) is 1.91. The van der Waals surface area contributed by atoms with E-state index in [0.717, 1.165) is 4.90 Å². The van der Waals surface area contributed by atoms with Crippen LogP contribution in [-0.4, -0.2) is 4.75 Å². The Balaban J connectivity index is 2.83. The number of thioether (sulfide) groups is 1. The molecule has 0 spiro atoms. The Bertz CT molecular complexity index is 263. The molecule has 0 N–H and O–H groups in total. The monoisotopic (exact) mass is 181 g/mol. The van der Waals surface area contributed by atoms with Gasteiger partial charge >= 0.3 is 0 Å². The smallest absolute Gasteiger partial charge is 0.192 e. The van der Waals surface area contributed by atoms with Gasteiger partial charge < -0.3 is 0 Å². The molecule has 0 saturated carbocycles. The first kappa shape index (κ1) is 9.46. The van der Waals surface area contributed by atoms with Crippen LogP contribution in [0.2, 0.25) is 0 Å². The maximum atomic E-state index is 11.3. The highest BCUT2D eigenvalue weighted by atomic mass is 32.2. The number of para-hydroxylation sites is 1. The molecule has 0 aromatic heterocycles. The van der Waals surface area contributed by atoms with Gasteiger partial charge in [0.1, 0.15) is 0 Å². The van der Waals surface area contributed by atoms with Crippen molar-refractivity contribution in [2.75, 3.05) is 0 Å². The fourth-order valence-corrected chi connectivity index (χ4v) is 1.84. The van der Waals surface area contributed by atoms with E-state index in [0.29, 0.717) is 0 Å². The Morgan fingerprint density at radius 2 is 1.75 bits per heavy atom. The SMILES string of the molecule is CC(C)(C)Sc1ccccc1[O]. The summed E-state index contributed by atoms with van der Waals surface area (Å²) < 4.78 is 0.112. The van der Waals surface area contributed by atoms with E-state index >= 15 is 0 Å². The van der Waals surface area contributed by atoms with Gasteiger partial charge in [-0.2, -0.15) is 0 Å². The zero-order valence-corrected chi connectivity index (χ0v) is 8.44. The second-order valence-corrected chi connectivity index (χ2v) is 5.53. The third kappa shape index (κ3) is 2.78. The first-order valence-electron chi connectivity index (χ1n) is 3.94. The molecule has 0 aliphatic rings. The van der Waals surface area contributed by atoms with Crippen molar-refractivity contribution in [1.29, 1.82) is 0 Å². The molecular weight excluding hydrogens is 168 g/mol. The van der Waals surface area contributed by atoms with E-state index in [2.05, 4.69) is 20.8 Å². The Kier molecular flexibility index (Phi) is 2.68. The zero-order valence-electron chi connectivity index (χ0n) is 7.63. The summed E-state index contributed by atoms with van der Waals surface area (Å²) in [5.41, 5.74) is 0. The van der Waals surface area contributed by atoms with Gasteiger partial charge in [0, 0.05) is 4.75 Å². The maximum absolute atomic E-state index is 11.3. The zero-order chi connectivity index (χ0) is 9.19. The normalized spacial score (nSPS) is 11.6. The van der Waals surface area contributed by atoms with Crippen LogP contribution >= 0.6 is 11.8 Å². The van der Waals surface area contributed by atoms with Crippen LogP contribution in [0.1, 0.15) is 20.8 Å². The van der Waals surface area contributed by atoms with Gasteiger partial charge in [-0.15, -0.1) is 11.8 Å². The molecule has 0 atom stereocenters. The van der Waals surface area contributed by atoms with Crippen molar-refractivity contribution in [2.24, 2.45) is 0 Å². The van der Waals surface area contributed by atoms with E-state index in [1.54, 1.807) is 23.9 Å². The fraction of sp³-hybridized carbons (Fsp3) is 0.400. The van der Waals surface area contributed by atoms with Crippen molar-refractivity contribution in [2.45, 2.75) is 30.4 Å². The Labute approximate surface area is 77.8 Å². The van der Waals surface area contributed by atoms with E-state index in [4.69, 9.17) is 0 Å². The number of rotatable bonds is 1. The number of hydrogen-bond donors (Lipinski definition) is 0. The molecular formula is C10H13OS. The molecule has 0 bridgehead atoms. The summed E-state index contributed by atoms with van der Waals surface area (Å²) in [5, 5.41) is 11.3. The lowest BCUT2D eigenvalue weighted by Crippen LogP contribution is -2.06. The van der Waals surface area contributed by atoms with Gasteiger partial charge in [0.05, 0.1) is 4.90 Å². The second kappa shape index (κ2) is 3.40. The molecule has 0 aliphatic heterocycles. The van der Waals surface area contributed by atoms with E-state index in [9.17, 15) is 5.11 Å². The molecule has 1 rings (SSSR count). The Hall–Kier alpha value is -0.630. The van der Waals surface area contributed by atoms with Crippen LogP contribution in [0, 0.1) is 0 Å². The summed E-state index contributed by atoms with van der Waals surface area (Å²) in [7, 11) is 0. The van der Waals surface area contributed by atoms with Crippen LogP contribution in [0.4, 0.5) is 0 Å². The molecule has 0 amide bonds. The van der Waals surface area contributed by atoms with Crippen LogP contribution in [0.3, 0.4) is 0 Å². The predicted molar refractivity (Wildman–Crippen MR) is 52.2 cm³/mol. The standard InChI is InChI=1S/C10H13OS/c1-10(2,3)12-9-7-5-4-6-8(9)11/h4-7H,1-3H3. The molecule has 65 valence electrons. The molecule has 1 aromatic rings. The van der Waals surface area contributed by atoms with Gasteiger partial charge in [0.2, 0.25) is 0 Å². The molecule has 1 nitrogen and oxygen atoms in total. The number of benzene rings is 1. The van der Waals surface area contributed by atoms with Gasteiger partial charge in [-0.1, -0.05) is 32.9 Å². The molecule has 1 aromatic carbocycles. The highest BCUT2D eigenvalue weighted by Crippen LogP contribution is 2.37. The molecule has 0 fully saturated rings. The van der Waals surface area contributed by atoms with Crippen LogP contribution in [0.25, 0.3) is 0 Å². The van der Waals surface area contributed by atoms with Crippen molar-refractivity contribution in [3.8, 4) is 5.75 Å². The minimum atomic E-state index is 0.112. The first-order chi connectivity index (χ1) is 5.49. The molecule has 0 heterocycles. The summed E-state index contributed by atoms with van der Waals surface area (Å²) in [6, 6.07) is 7.15. The van der Waals surface area contributed by atoms with E-state index in [-0.39, 0.29) is 10.5 Å². The van der Waals surface area contributed by atoms with Crippen LogP contribution in [0.5, 0.6) is 5.75 Å². The minimum Gasteiger partial charge on any atom is -0.289 e. The van der Waals surface area contributed by atoms with Crippen molar-refractivity contribution in [3.05, 3.63) is 24.3 Å². The summed E-state index contributed by atoms with van der Waals surface area (Å²) in [5.74, 6) is 0.123. The van der Waals surface area contributed by atoms with Gasteiger partial charge in [0.15, 0.2) is 5.75 Å². The molecule has 1 radical (unpaired) electrons. The summed E-state index contributed by atoms with van der Waals surface area (Å²) in [6.07, 6.45) is 0. The van der Waals surface area contributed by atoms with Gasteiger partial charge in [0.25, 0.3) is 0 Å². The highest BCUT2D eigenvalue weighted by molar-refractivity contribution is 8.00. The molecule has 0 saturated heterocycles. The average molecular weight is 181 g/mol. The van der Waals surface area contributed by atoms with Crippen molar-refractivity contribution < 1.29 is 5.11 Å². The molecule has 0 unspecified atom stereocenters. The topological polar surface area (TPSA) is 19.9 Å². The third-order valence-corrected chi connectivity index (χ3v) is 2.43. The quantitative estimate of drug-likeness (QED) is 0.604. The van der Waals surface area contributed by atoms with Crippen molar-refractivity contribution >= 4 is 11.8 Å². The summed E-state index contributed by atoms with van der Waals surface area (Å²) in [4.78, 5) is 0.838. The van der Waals surface area contributed by atoms with Gasteiger partial charge in [-0.3, -0.25) is 5.11 Å². The Morgan fingerprint density at radius 3 is 2.25 bits per heavy atom. The van der Waals surface area contributed by atoms with Crippen molar-refractivity contribution in [1.82, 2.24) is 0 Å². The lowest BCUT2D eigenvalue weighted by Gasteiger charge is -2.17. The maximum Gasteiger partial charge on any atom is 0.192 e. The van der Waals surface area contributed by atoms with Crippen LogP contribution in [0.15, 0.2) is 29.2 Å². The van der Waals surface area contributed by atoms with Gasteiger partial charge in [-0.25, -0.2) is 0 Å². The Morgan fingerprint density at radius 1 is 1.17 bits per heavy atom. The second-order valence-electron chi connectivity index (χ2n) is 3.66. The highest BCUT2D eigenvalue weighted by Gasteiger charge is 2.14. The lowest BCUT2D eigenvalue weighted by atomic mass is 10.3.